The summed E-state index contributed by atoms with van der Waals surface area (Å²) in [6.45, 7) is 14.8. The molecule has 0 aliphatic heterocycles. The van der Waals surface area contributed by atoms with E-state index in [2.05, 4.69) is 13.2 Å². The van der Waals surface area contributed by atoms with Crippen molar-refractivity contribution in [3.05, 3.63) is 25.7 Å². The molecular weight excluding hydrogens is 152 g/mol. The normalized spacial score (nSPS) is 12.0. The molecule has 0 bridgehead atoms. The molecule has 0 aliphatic rings. The van der Waals surface area contributed by atoms with Crippen LogP contribution in [0.4, 0.5) is 0 Å². The van der Waals surface area contributed by atoms with Gasteiger partial charge in [0.25, 0.3) is 0 Å². The predicted octanol–water partition coefficient (Wildman–Crippen LogP) is 2.86. The molecule has 0 spiro atoms. The van der Waals surface area contributed by atoms with Gasteiger partial charge in [-0.25, -0.2) is 0 Å². The van der Waals surface area contributed by atoms with Gasteiger partial charge in [0.15, 0.2) is 0 Å². The first-order chi connectivity index (χ1) is 5.37. The predicted molar refractivity (Wildman–Crippen MR) is 50.7 cm³/mol. The molecule has 0 atom stereocenters. The lowest BCUT2D eigenvalue weighted by Gasteiger charge is -2.39. The molecule has 0 N–H and O–H groups in total. The smallest absolute Gasteiger partial charge is 0.141 e. The second kappa shape index (κ2) is 3.65. The molecule has 70 valence electrons. The monoisotopic (exact) mass is 170 g/mol. The fourth-order valence-corrected chi connectivity index (χ4v) is 0.700. The topological polar surface area (TPSA) is 18.5 Å². The highest BCUT2D eigenvalue weighted by atomic mass is 16.6. The van der Waals surface area contributed by atoms with Crippen LogP contribution in [0.5, 0.6) is 0 Å². The fourth-order valence-electron chi connectivity index (χ4n) is 0.700. The standard InChI is InChI=1S/C10H18O2/c1-7-11-9(3,4)10(5,6)12-8-2/h7-8H,1-2H2,3-6H3. The maximum Gasteiger partial charge on any atom is 0.141 e. The van der Waals surface area contributed by atoms with E-state index in [1.165, 1.54) is 12.5 Å². The minimum atomic E-state index is -0.414. The summed E-state index contributed by atoms with van der Waals surface area (Å²) in [5, 5.41) is 0. The van der Waals surface area contributed by atoms with Crippen molar-refractivity contribution in [2.45, 2.75) is 38.9 Å². The van der Waals surface area contributed by atoms with Crippen LogP contribution in [0.1, 0.15) is 27.7 Å². The minimum Gasteiger partial charge on any atom is -0.492 e. The van der Waals surface area contributed by atoms with Gasteiger partial charge >= 0.3 is 0 Å². The van der Waals surface area contributed by atoms with Gasteiger partial charge in [0.1, 0.15) is 11.2 Å². The molecule has 12 heavy (non-hydrogen) atoms. The summed E-state index contributed by atoms with van der Waals surface area (Å²) in [6.07, 6.45) is 2.85. The summed E-state index contributed by atoms with van der Waals surface area (Å²) in [7, 11) is 0. The molecule has 2 heteroatoms. The summed E-state index contributed by atoms with van der Waals surface area (Å²) in [4.78, 5) is 0. The van der Waals surface area contributed by atoms with Crippen molar-refractivity contribution in [1.82, 2.24) is 0 Å². The molecule has 0 rings (SSSR count). The maximum absolute atomic E-state index is 5.34. The second-order valence-corrected chi connectivity index (χ2v) is 3.59. The Morgan fingerprint density at radius 2 is 1.08 bits per heavy atom. The van der Waals surface area contributed by atoms with Gasteiger partial charge in [-0.15, -0.1) is 0 Å². The van der Waals surface area contributed by atoms with Crippen molar-refractivity contribution >= 4 is 0 Å². The van der Waals surface area contributed by atoms with Crippen LogP contribution in [-0.4, -0.2) is 11.2 Å². The van der Waals surface area contributed by atoms with Gasteiger partial charge in [0.05, 0.1) is 12.5 Å². The van der Waals surface area contributed by atoms with E-state index in [1.807, 2.05) is 27.7 Å². The van der Waals surface area contributed by atoms with Gasteiger partial charge < -0.3 is 9.47 Å². The van der Waals surface area contributed by atoms with E-state index in [1.54, 1.807) is 0 Å². The van der Waals surface area contributed by atoms with E-state index in [4.69, 9.17) is 9.47 Å². The molecular formula is C10H18O2. The van der Waals surface area contributed by atoms with Crippen molar-refractivity contribution in [2.75, 3.05) is 0 Å². The molecule has 0 aliphatic carbocycles. The van der Waals surface area contributed by atoms with Gasteiger partial charge in [0, 0.05) is 0 Å². The van der Waals surface area contributed by atoms with E-state index in [0.29, 0.717) is 0 Å². The highest BCUT2D eigenvalue weighted by molar-refractivity contribution is 4.92. The zero-order chi connectivity index (χ0) is 9.83. The Bertz CT molecular complexity index is 149. The first-order valence-electron chi connectivity index (χ1n) is 3.95. The Balaban J connectivity index is 4.48. The van der Waals surface area contributed by atoms with Crippen molar-refractivity contribution < 1.29 is 9.47 Å². The summed E-state index contributed by atoms with van der Waals surface area (Å²) >= 11 is 0. The van der Waals surface area contributed by atoms with Gasteiger partial charge in [-0.1, -0.05) is 13.2 Å². The molecule has 0 radical (unpaired) electrons. The molecule has 0 heterocycles. The lowest BCUT2D eigenvalue weighted by molar-refractivity contribution is -0.119. The van der Waals surface area contributed by atoms with Crippen molar-refractivity contribution in [2.24, 2.45) is 0 Å². The quantitative estimate of drug-likeness (QED) is 0.591. The third-order valence-corrected chi connectivity index (χ3v) is 2.21. The first kappa shape index (κ1) is 11.1. The first-order valence-corrected chi connectivity index (χ1v) is 3.95. The highest BCUT2D eigenvalue weighted by Gasteiger charge is 2.39. The Morgan fingerprint density at radius 1 is 0.833 bits per heavy atom. The van der Waals surface area contributed by atoms with Crippen LogP contribution in [0.15, 0.2) is 25.7 Å². The van der Waals surface area contributed by atoms with E-state index in [-0.39, 0.29) is 0 Å². The Hall–Kier alpha value is -0.920. The molecule has 2 nitrogen and oxygen atoms in total. The lowest BCUT2D eigenvalue weighted by Crippen LogP contribution is -2.47. The van der Waals surface area contributed by atoms with E-state index < -0.39 is 11.2 Å². The van der Waals surface area contributed by atoms with Gasteiger partial charge in [-0.05, 0) is 27.7 Å². The molecule has 0 saturated heterocycles. The third-order valence-electron chi connectivity index (χ3n) is 2.21. The average molecular weight is 170 g/mol. The van der Waals surface area contributed by atoms with Crippen LogP contribution < -0.4 is 0 Å². The summed E-state index contributed by atoms with van der Waals surface area (Å²) in [5.74, 6) is 0. The summed E-state index contributed by atoms with van der Waals surface area (Å²) in [5.41, 5.74) is -0.827. The molecule has 0 unspecified atom stereocenters. The largest absolute Gasteiger partial charge is 0.492 e. The van der Waals surface area contributed by atoms with Crippen molar-refractivity contribution in [1.29, 1.82) is 0 Å². The van der Waals surface area contributed by atoms with Crippen LogP contribution in [0.2, 0.25) is 0 Å². The van der Waals surface area contributed by atoms with Crippen LogP contribution >= 0.6 is 0 Å². The van der Waals surface area contributed by atoms with Crippen LogP contribution in [0.3, 0.4) is 0 Å². The second-order valence-electron chi connectivity index (χ2n) is 3.59. The zero-order valence-corrected chi connectivity index (χ0v) is 8.39. The van der Waals surface area contributed by atoms with Crippen LogP contribution in [0.25, 0.3) is 0 Å². The molecule has 0 fully saturated rings. The van der Waals surface area contributed by atoms with Gasteiger partial charge in [0.2, 0.25) is 0 Å². The number of hydrogen-bond acceptors (Lipinski definition) is 2. The Morgan fingerprint density at radius 3 is 1.25 bits per heavy atom. The van der Waals surface area contributed by atoms with E-state index in [9.17, 15) is 0 Å². The number of ether oxygens (including phenoxy) is 2. The van der Waals surface area contributed by atoms with E-state index in [0.717, 1.165) is 0 Å². The summed E-state index contributed by atoms with van der Waals surface area (Å²) in [6, 6.07) is 0. The van der Waals surface area contributed by atoms with Crippen molar-refractivity contribution in [3.8, 4) is 0 Å². The number of hydrogen-bond donors (Lipinski definition) is 0. The SMILES string of the molecule is C=COC(C)(C)C(C)(C)OC=C. The highest BCUT2D eigenvalue weighted by Crippen LogP contribution is 2.29. The Labute approximate surface area is 74.9 Å². The van der Waals surface area contributed by atoms with Gasteiger partial charge in [-0.2, -0.15) is 0 Å². The molecule has 0 aromatic carbocycles. The van der Waals surface area contributed by atoms with Crippen LogP contribution in [-0.2, 0) is 9.47 Å². The average Bonchev–Trinajstić information content (AvgIpc) is 1.86. The van der Waals surface area contributed by atoms with Crippen LogP contribution in [0, 0.1) is 0 Å². The fraction of sp³-hybridized carbons (Fsp3) is 0.600. The third kappa shape index (κ3) is 2.29. The van der Waals surface area contributed by atoms with Crippen molar-refractivity contribution in [3.63, 3.8) is 0 Å². The van der Waals surface area contributed by atoms with Gasteiger partial charge in [-0.3, -0.25) is 0 Å². The Kier molecular flexibility index (Phi) is 3.37. The molecule has 0 saturated carbocycles. The molecule has 0 aromatic rings. The summed E-state index contributed by atoms with van der Waals surface area (Å²) < 4.78 is 10.7. The molecule has 0 aromatic heterocycles. The molecule has 0 amide bonds. The minimum absolute atomic E-state index is 0.414. The van der Waals surface area contributed by atoms with E-state index >= 15 is 0 Å². The number of rotatable bonds is 5. The zero-order valence-electron chi connectivity index (χ0n) is 8.39. The maximum atomic E-state index is 5.34. The lowest BCUT2D eigenvalue weighted by atomic mass is 9.89.